The largest absolute Gasteiger partial charge is 0.497 e. The number of fused-ring (bicyclic) bond motifs is 2. The second kappa shape index (κ2) is 3.24. The lowest BCUT2D eigenvalue weighted by Crippen LogP contribution is -2.58. The first-order valence-corrected chi connectivity index (χ1v) is 5.70. The molecule has 0 unspecified atom stereocenters. The molecule has 1 aliphatic carbocycles. The molecule has 4 rings (SSSR count). The molecule has 2 nitrogen and oxygen atoms in total. The van der Waals surface area contributed by atoms with Crippen LogP contribution in [-0.4, -0.2) is 19.7 Å². The van der Waals surface area contributed by atoms with E-state index in [1.807, 2.05) is 0 Å². The Morgan fingerprint density at radius 3 is 2.53 bits per heavy atom. The summed E-state index contributed by atoms with van der Waals surface area (Å²) < 4.78 is 5.19. The van der Waals surface area contributed by atoms with Crippen molar-refractivity contribution in [3.63, 3.8) is 0 Å². The normalized spacial score (nSPS) is 33.3. The highest BCUT2D eigenvalue weighted by Crippen LogP contribution is 2.49. The number of benzene rings is 1. The Morgan fingerprint density at radius 2 is 2.00 bits per heavy atom. The van der Waals surface area contributed by atoms with Crippen molar-refractivity contribution < 1.29 is 4.74 Å². The minimum absolute atomic E-state index is 0.488. The topological polar surface area (TPSA) is 21.3 Å². The van der Waals surface area contributed by atoms with Crippen molar-refractivity contribution in [3.05, 3.63) is 29.8 Å². The summed E-state index contributed by atoms with van der Waals surface area (Å²) in [5.74, 6) is 0.958. The second-order valence-corrected chi connectivity index (χ2v) is 4.82. The molecule has 0 aromatic heterocycles. The standard InChI is InChI=1S/C13H17NO/c1-15-12-4-2-10(3-5-12)13-6-7-14-11(8-13)9-13/h2-5,11,14H,6-9H2,1H3. The van der Waals surface area contributed by atoms with Crippen LogP contribution in [0.4, 0.5) is 0 Å². The zero-order valence-electron chi connectivity index (χ0n) is 9.12. The molecule has 0 radical (unpaired) electrons. The molecule has 0 atom stereocenters. The van der Waals surface area contributed by atoms with Crippen LogP contribution in [0, 0.1) is 0 Å². The van der Waals surface area contributed by atoms with Gasteiger partial charge in [0, 0.05) is 6.04 Å². The fourth-order valence-electron chi connectivity index (χ4n) is 3.07. The van der Waals surface area contributed by atoms with E-state index >= 15 is 0 Å². The van der Waals surface area contributed by atoms with Crippen LogP contribution in [0.3, 0.4) is 0 Å². The number of rotatable bonds is 2. The Bertz CT molecular complexity index is 346. The molecule has 2 bridgehead atoms. The summed E-state index contributed by atoms with van der Waals surface area (Å²) >= 11 is 0. The molecule has 1 aromatic carbocycles. The summed E-state index contributed by atoms with van der Waals surface area (Å²) in [4.78, 5) is 0. The average Bonchev–Trinajstić information content (AvgIpc) is 2.29. The van der Waals surface area contributed by atoms with Crippen LogP contribution >= 0.6 is 0 Å². The molecule has 80 valence electrons. The molecule has 1 saturated carbocycles. The Kier molecular flexibility index (Phi) is 1.99. The summed E-state index contributed by atoms with van der Waals surface area (Å²) in [5.41, 5.74) is 1.99. The van der Waals surface area contributed by atoms with Gasteiger partial charge in [-0.2, -0.15) is 0 Å². The van der Waals surface area contributed by atoms with Gasteiger partial charge in [-0.15, -0.1) is 0 Å². The Hall–Kier alpha value is -1.02. The Labute approximate surface area is 90.6 Å². The molecule has 1 N–H and O–H groups in total. The smallest absolute Gasteiger partial charge is 0.118 e. The van der Waals surface area contributed by atoms with Crippen molar-refractivity contribution in [1.29, 1.82) is 0 Å². The van der Waals surface area contributed by atoms with E-state index < -0.39 is 0 Å². The maximum absolute atomic E-state index is 5.19. The van der Waals surface area contributed by atoms with E-state index in [4.69, 9.17) is 4.74 Å². The van der Waals surface area contributed by atoms with Crippen molar-refractivity contribution in [1.82, 2.24) is 5.32 Å². The van der Waals surface area contributed by atoms with Crippen LogP contribution in [0.15, 0.2) is 24.3 Å². The van der Waals surface area contributed by atoms with Gasteiger partial charge in [0.2, 0.25) is 0 Å². The first-order chi connectivity index (χ1) is 7.32. The molecule has 15 heavy (non-hydrogen) atoms. The summed E-state index contributed by atoms with van der Waals surface area (Å²) in [5, 5.41) is 3.54. The second-order valence-electron chi connectivity index (χ2n) is 4.82. The minimum Gasteiger partial charge on any atom is -0.497 e. The van der Waals surface area contributed by atoms with Crippen molar-refractivity contribution >= 4 is 0 Å². The Morgan fingerprint density at radius 1 is 1.27 bits per heavy atom. The van der Waals surface area contributed by atoms with Crippen LogP contribution in [-0.2, 0) is 5.41 Å². The number of piperidine rings is 2. The number of hydrogen-bond donors (Lipinski definition) is 1. The van der Waals surface area contributed by atoms with Gasteiger partial charge in [-0.25, -0.2) is 0 Å². The van der Waals surface area contributed by atoms with Crippen molar-refractivity contribution in [2.45, 2.75) is 30.7 Å². The van der Waals surface area contributed by atoms with Gasteiger partial charge >= 0.3 is 0 Å². The quantitative estimate of drug-likeness (QED) is 0.794. The fraction of sp³-hybridized carbons (Fsp3) is 0.538. The fourth-order valence-corrected chi connectivity index (χ4v) is 3.07. The third-order valence-electron chi connectivity index (χ3n) is 4.01. The zero-order chi connectivity index (χ0) is 10.3. The lowest BCUT2D eigenvalue weighted by molar-refractivity contribution is 0.110. The van der Waals surface area contributed by atoms with E-state index in [0.717, 1.165) is 11.8 Å². The zero-order valence-corrected chi connectivity index (χ0v) is 9.12. The van der Waals surface area contributed by atoms with E-state index in [9.17, 15) is 0 Å². The van der Waals surface area contributed by atoms with Gasteiger partial charge in [0.1, 0.15) is 5.75 Å². The van der Waals surface area contributed by atoms with Gasteiger partial charge in [0.25, 0.3) is 0 Å². The summed E-state index contributed by atoms with van der Waals surface area (Å²) in [6, 6.07) is 9.42. The molecule has 2 heterocycles. The molecular formula is C13H17NO. The lowest BCUT2D eigenvalue weighted by Gasteiger charge is -2.53. The molecule has 0 spiro atoms. The highest BCUT2D eigenvalue weighted by molar-refractivity contribution is 5.35. The van der Waals surface area contributed by atoms with Crippen LogP contribution in [0.25, 0.3) is 0 Å². The minimum atomic E-state index is 0.488. The maximum Gasteiger partial charge on any atom is 0.118 e. The molecule has 2 aliphatic heterocycles. The van der Waals surface area contributed by atoms with E-state index in [2.05, 4.69) is 29.6 Å². The van der Waals surface area contributed by atoms with Gasteiger partial charge < -0.3 is 10.1 Å². The monoisotopic (exact) mass is 203 g/mol. The Balaban J connectivity index is 1.86. The van der Waals surface area contributed by atoms with Crippen LogP contribution < -0.4 is 10.1 Å². The summed E-state index contributed by atoms with van der Waals surface area (Å²) in [6.07, 6.45) is 3.93. The highest BCUT2D eigenvalue weighted by atomic mass is 16.5. The first kappa shape index (κ1) is 9.22. The molecule has 1 aromatic rings. The number of nitrogens with one attached hydrogen (secondary N) is 1. The van der Waals surface area contributed by atoms with Gasteiger partial charge in [0.15, 0.2) is 0 Å². The molecule has 2 saturated heterocycles. The third-order valence-corrected chi connectivity index (χ3v) is 4.01. The number of hydrogen-bond acceptors (Lipinski definition) is 2. The van der Waals surface area contributed by atoms with Crippen molar-refractivity contribution in [2.24, 2.45) is 0 Å². The average molecular weight is 203 g/mol. The van der Waals surface area contributed by atoms with Crippen molar-refractivity contribution in [2.75, 3.05) is 13.7 Å². The predicted octanol–water partition coefficient (Wildman–Crippen LogP) is 2.09. The van der Waals surface area contributed by atoms with E-state index in [1.165, 1.54) is 31.4 Å². The van der Waals surface area contributed by atoms with Gasteiger partial charge in [-0.1, -0.05) is 12.1 Å². The first-order valence-electron chi connectivity index (χ1n) is 5.70. The van der Waals surface area contributed by atoms with Crippen LogP contribution in [0.2, 0.25) is 0 Å². The SMILES string of the molecule is COc1ccc(C23CCNC(C2)C3)cc1. The van der Waals surface area contributed by atoms with E-state index in [1.54, 1.807) is 7.11 Å². The summed E-state index contributed by atoms with van der Waals surface area (Å²) in [7, 11) is 1.72. The highest BCUT2D eigenvalue weighted by Gasteiger charge is 2.47. The number of ether oxygens (including phenoxy) is 1. The van der Waals surface area contributed by atoms with Crippen molar-refractivity contribution in [3.8, 4) is 5.75 Å². The molecule has 3 aliphatic rings. The lowest BCUT2D eigenvalue weighted by atomic mass is 9.57. The molecule has 0 amide bonds. The van der Waals surface area contributed by atoms with Crippen LogP contribution in [0.1, 0.15) is 24.8 Å². The maximum atomic E-state index is 5.19. The predicted molar refractivity (Wildman–Crippen MR) is 60.3 cm³/mol. The third kappa shape index (κ3) is 1.36. The summed E-state index contributed by atoms with van der Waals surface area (Å²) in [6.45, 7) is 1.18. The van der Waals surface area contributed by atoms with Gasteiger partial charge in [-0.3, -0.25) is 0 Å². The van der Waals surface area contributed by atoms with Crippen LogP contribution in [0.5, 0.6) is 5.75 Å². The number of methoxy groups -OCH3 is 1. The van der Waals surface area contributed by atoms with E-state index in [-0.39, 0.29) is 0 Å². The molecule has 2 heteroatoms. The molecule has 3 fully saturated rings. The molecular weight excluding hydrogens is 186 g/mol. The van der Waals surface area contributed by atoms with E-state index in [0.29, 0.717) is 5.41 Å². The van der Waals surface area contributed by atoms with Gasteiger partial charge in [-0.05, 0) is 48.9 Å². The van der Waals surface area contributed by atoms with Gasteiger partial charge in [0.05, 0.1) is 7.11 Å².